The molecule has 2 aliphatic rings. The van der Waals surface area contributed by atoms with Gasteiger partial charge in [-0.05, 0) is 29.5 Å². The summed E-state index contributed by atoms with van der Waals surface area (Å²) < 4.78 is 0. The summed E-state index contributed by atoms with van der Waals surface area (Å²) in [6.07, 6.45) is 2.36. The SMILES string of the molecule is N#CCCN1CCN(C2=NC(=O)/C(=C/c3ccccc3Cl)S2)CC1. The monoisotopic (exact) mass is 360 g/mol. The van der Waals surface area contributed by atoms with Crippen molar-refractivity contribution in [2.75, 3.05) is 32.7 Å². The first-order valence-corrected chi connectivity index (χ1v) is 8.98. The number of hydrogen-bond donors (Lipinski definition) is 0. The average molecular weight is 361 g/mol. The van der Waals surface area contributed by atoms with E-state index in [0.29, 0.717) is 16.3 Å². The van der Waals surface area contributed by atoms with Crippen LogP contribution >= 0.6 is 23.4 Å². The molecule has 1 amide bonds. The van der Waals surface area contributed by atoms with Gasteiger partial charge in [0.05, 0.1) is 11.0 Å². The van der Waals surface area contributed by atoms with Gasteiger partial charge in [-0.2, -0.15) is 10.3 Å². The number of piperazine rings is 1. The van der Waals surface area contributed by atoms with Gasteiger partial charge in [0, 0.05) is 44.2 Å². The molecule has 1 aromatic rings. The lowest BCUT2D eigenvalue weighted by Gasteiger charge is -2.34. The van der Waals surface area contributed by atoms with E-state index >= 15 is 0 Å². The Kier molecular flexibility index (Phi) is 5.56. The maximum Gasteiger partial charge on any atom is 0.286 e. The van der Waals surface area contributed by atoms with Crippen molar-refractivity contribution in [3.8, 4) is 6.07 Å². The fourth-order valence-corrected chi connectivity index (χ4v) is 3.78. The number of benzene rings is 1. The Morgan fingerprint density at radius 3 is 2.75 bits per heavy atom. The van der Waals surface area contributed by atoms with Crippen LogP contribution in [0.3, 0.4) is 0 Å². The lowest BCUT2D eigenvalue weighted by molar-refractivity contribution is -0.113. The fraction of sp³-hybridized carbons (Fsp3) is 0.353. The van der Waals surface area contributed by atoms with Gasteiger partial charge in [0.1, 0.15) is 0 Å². The molecule has 1 fully saturated rings. The molecule has 7 heteroatoms. The van der Waals surface area contributed by atoms with Crippen LogP contribution < -0.4 is 0 Å². The predicted molar refractivity (Wildman–Crippen MR) is 97.7 cm³/mol. The maximum atomic E-state index is 12.2. The number of nitriles is 1. The second-order valence-electron chi connectivity index (χ2n) is 5.57. The molecule has 0 aromatic heterocycles. The van der Waals surface area contributed by atoms with Crippen molar-refractivity contribution >= 4 is 40.5 Å². The summed E-state index contributed by atoms with van der Waals surface area (Å²) in [7, 11) is 0. The number of amidine groups is 1. The molecule has 0 atom stereocenters. The van der Waals surface area contributed by atoms with Crippen molar-refractivity contribution in [3.63, 3.8) is 0 Å². The van der Waals surface area contributed by atoms with Gasteiger partial charge in [-0.15, -0.1) is 0 Å². The topological polar surface area (TPSA) is 59.7 Å². The van der Waals surface area contributed by atoms with Crippen LogP contribution in [0.2, 0.25) is 5.02 Å². The summed E-state index contributed by atoms with van der Waals surface area (Å²) in [5, 5.41) is 10.0. The number of carbonyl (C=O) groups is 1. The van der Waals surface area contributed by atoms with E-state index in [1.165, 1.54) is 11.8 Å². The van der Waals surface area contributed by atoms with E-state index < -0.39 is 0 Å². The van der Waals surface area contributed by atoms with Crippen LogP contribution in [0.4, 0.5) is 0 Å². The number of halogens is 1. The second kappa shape index (κ2) is 7.84. The molecule has 124 valence electrons. The van der Waals surface area contributed by atoms with E-state index in [4.69, 9.17) is 16.9 Å². The van der Waals surface area contributed by atoms with Crippen molar-refractivity contribution in [3.05, 3.63) is 39.8 Å². The summed E-state index contributed by atoms with van der Waals surface area (Å²) in [5.41, 5.74) is 0.827. The summed E-state index contributed by atoms with van der Waals surface area (Å²) in [6.45, 7) is 4.23. The highest BCUT2D eigenvalue weighted by Gasteiger charge is 2.28. The molecule has 1 aromatic carbocycles. The quantitative estimate of drug-likeness (QED) is 0.776. The highest BCUT2D eigenvalue weighted by atomic mass is 35.5. The van der Waals surface area contributed by atoms with Crippen LogP contribution in [0, 0.1) is 11.3 Å². The van der Waals surface area contributed by atoms with Crippen LogP contribution in [0.5, 0.6) is 0 Å². The zero-order valence-electron chi connectivity index (χ0n) is 13.1. The van der Waals surface area contributed by atoms with Crippen LogP contribution in [0.1, 0.15) is 12.0 Å². The van der Waals surface area contributed by atoms with E-state index in [9.17, 15) is 4.79 Å². The van der Waals surface area contributed by atoms with E-state index in [-0.39, 0.29) is 5.91 Å². The number of rotatable bonds is 3. The van der Waals surface area contributed by atoms with Gasteiger partial charge in [0.2, 0.25) is 0 Å². The molecule has 2 aliphatic heterocycles. The Labute approximate surface area is 150 Å². The maximum absolute atomic E-state index is 12.2. The van der Waals surface area contributed by atoms with E-state index in [1.54, 1.807) is 12.1 Å². The fourth-order valence-electron chi connectivity index (χ4n) is 2.64. The van der Waals surface area contributed by atoms with E-state index in [0.717, 1.165) is 43.5 Å². The minimum absolute atomic E-state index is 0.207. The molecule has 0 spiro atoms. The van der Waals surface area contributed by atoms with Gasteiger partial charge < -0.3 is 4.90 Å². The van der Waals surface area contributed by atoms with Crippen molar-refractivity contribution < 1.29 is 4.79 Å². The molecule has 3 rings (SSSR count). The van der Waals surface area contributed by atoms with Gasteiger partial charge in [-0.3, -0.25) is 9.69 Å². The zero-order chi connectivity index (χ0) is 16.9. The number of nitrogens with zero attached hydrogens (tertiary/aromatic N) is 4. The Hall–Kier alpha value is -1.81. The van der Waals surface area contributed by atoms with Gasteiger partial charge in [-0.25, -0.2) is 0 Å². The molecule has 24 heavy (non-hydrogen) atoms. The molecule has 0 saturated carbocycles. The molecule has 0 aliphatic carbocycles. The molecule has 2 heterocycles. The predicted octanol–water partition coefficient (Wildman–Crippen LogP) is 2.84. The largest absolute Gasteiger partial charge is 0.348 e. The summed E-state index contributed by atoms with van der Waals surface area (Å²) in [6, 6.07) is 9.62. The van der Waals surface area contributed by atoms with Crippen LogP contribution in [0.15, 0.2) is 34.2 Å². The molecule has 0 bridgehead atoms. The molecule has 0 N–H and O–H groups in total. The molecular weight excluding hydrogens is 344 g/mol. The van der Waals surface area contributed by atoms with E-state index in [2.05, 4.69) is 20.9 Å². The minimum atomic E-state index is -0.207. The summed E-state index contributed by atoms with van der Waals surface area (Å²) >= 11 is 7.56. The zero-order valence-corrected chi connectivity index (χ0v) is 14.7. The Balaban J connectivity index is 1.62. The van der Waals surface area contributed by atoms with Crippen molar-refractivity contribution in [2.24, 2.45) is 4.99 Å². The minimum Gasteiger partial charge on any atom is -0.348 e. The summed E-state index contributed by atoms with van der Waals surface area (Å²) in [4.78, 5) is 21.4. The Morgan fingerprint density at radius 1 is 1.29 bits per heavy atom. The molecule has 5 nitrogen and oxygen atoms in total. The number of amides is 1. The summed E-state index contributed by atoms with van der Waals surface area (Å²) in [5.74, 6) is -0.207. The van der Waals surface area contributed by atoms with Crippen molar-refractivity contribution in [1.82, 2.24) is 9.80 Å². The molecular formula is C17H17ClN4OS. The Morgan fingerprint density at radius 2 is 2.04 bits per heavy atom. The van der Waals surface area contributed by atoms with Gasteiger partial charge in [0.15, 0.2) is 5.17 Å². The van der Waals surface area contributed by atoms with E-state index in [1.807, 2.05) is 18.2 Å². The highest BCUT2D eigenvalue weighted by molar-refractivity contribution is 8.18. The van der Waals surface area contributed by atoms with Gasteiger partial charge >= 0.3 is 0 Å². The number of aliphatic imine (C=N–C) groups is 1. The third-order valence-corrected chi connectivity index (χ3v) is 5.37. The first-order chi connectivity index (χ1) is 11.7. The molecule has 0 radical (unpaired) electrons. The smallest absolute Gasteiger partial charge is 0.286 e. The number of hydrogen-bond acceptors (Lipinski definition) is 5. The Bertz CT molecular complexity index is 732. The molecule has 1 saturated heterocycles. The lowest BCUT2D eigenvalue weighted by atomic mass is 10.2. The standard InChI is InChI=1S/C17H17ClN4OS/c18-14-5-2-1-4-13(14)12-15-16(23)20-17(24-15)22-10-8-21(9-11-22)7-3-6-19/h1-2,4-5,12H,3,7-11H2/b15-12-. The van der Waals surface area contributed by atoms with Gasteiger partial charge in [-0.1, -0.05) is 29.8 Å². The van der Waals surface area contributed by atoms with Crippen molar-refractivity contribution in [1.29, 1.82) is 5.26 Å². The van der Waals surface area contributed by atoms with Gasteiger partial charge in [0.25, 0.3) is 5.91 Å². The van der Waals surface area contributed by atoms with Crippen LogP contribution in [-0.2, 0) is 4.79 Å². The lowest BCUT2D eigenvalue weighted by Crippen LogP contribution is -2.47. The average Bonchev–Trinajstić information content (AvgIpc) is 2.96. The van der Waals surface area contributed by atoms with Crippen molar-refractivity contribution in [2.45, 2.75) is 6.42 Å². The third-order valence-electron chi connectivity index (χ3n) is 3.98. The normalized spacial score (nSPS) is 20.3. The number of thioether (sulfide) groups is 1. The molecule has 0 unspecified atom stereocenters. The highest BCUT2D eigenvalue weighted by Crippen LogP contribution is 2.32. The third kappa shape index (κ3) is 3.99. The first-order valence-electron chi connectivity index (χ1n) is 7.79. The number of carbonyl (C=O) groups excluding carboxylic acids is 1. The van der Waals surface area contributed by atoms with Crippen LogP contribution in [-0.4, -0.2) is 53.6 Å². The van der Waals surface area contributed by atoms with Crippen LogP contribution in [0.25, 0.3) is 6.08 Å². The second-order valence-corrected chi connectivity index (χ2v) is 6.98. The first kappa shape index (κ1) is 17.0.